The third-order valence-electron chi connectivity index (χ3n) is 6.67. The van der Waals surface area contributed by atoms with E-state index in [1.165, 1.54) is 6.07 Å². The minimum absolute atomic E-state index is 0.111. The first-order valence-electron chi connectivity index (χ1n) is 11.1. The predicted molar refractivity (Wildman–Crippen MR) is 123 cm³/mol. The molecule has 0 unspecified atom stereocenters. The summed E-state index contributed by atoms with van der Waals surface area (Å²) in [6.07, 6.45) is 1.91. The Labute approximate surface area is 186 Å². The van der Waals surface area contributed by atoms with Crippen molar-refractivity contribution in [2.75, 3.05) is 13.1 Å². The number of halogens is 1. The van der Waals surface area contributed by atoms with Gasteiger partial charge in [0, 0.05) is 28.5 Å². The average Bonchev–Trinajstić information content (AvgIpc) is 3.04. The largest absolute Gasteiger partial charge is 0.480 e. The summed E-state index contributed by atoms with van der Waals surface area (Å²) in [6, 6.07) is 17.0. The minimum Gasteiger partial charge on any atom is -0.480 e. The predicted octanol–water partition coefficient (Wildman–Crippen LogP) is 5.10. The van der Waals surface area contributed by atoms with Gasteiger partial charge < -0.3 is 9.67 Å². The van der Waals surface area contributed by atoms with Gasteiger partial charge in [0.15, 0.2) is 0 Å². The van der Waals surface area contributed by atoms with Crippen LogP contribution in [-0.2, 0) is 17.9 Å². The number of hydrogen-bond acceptors (Lipinski definition) is 3. The molecule has 1 fully saturated rings. The molecule has 32 heavy (non-hydrogen) atoms. The number of benzene rings is 2. The van der Waals surface area contributed by atoms with Gasteiger partial charge in [-0.3, -0.25) is 14.7 Å². The molecule has 164 valence electrons. The van der Waals surface area contributed by atoms with E-state index in [-0.39, 0.29) is 18.3 Å². The molecule has 1 N–H and O–H groups in total. The quantitative estimate of drug-likeness (QED) is 0.478. The van der Waals surface area contributed by atoms with Gasteiger partial charge in [-0.25, -0.2) is 4.39 Å². The molecule has 0 aliphatic carbocycles. The Hall–Kier alpha value is -3.25. The first-order chi connectivity index (χ1) is 15.5. The molecule has 4 aromatic rings. The minimum atomic E-state index is -0.890. The third-order valence-corrected chi connectivity index (χ3v) is 6.67. The molecule has 0 amide bonds. The Morgan fingerprint density at radius 2 is 1.91 bits per heavy atom. The smallest absolute Gasteiger partial charge is 0.323 e. The van der Waals surface area contributed by atoms with Crippen molar-refractivity contribution in [3.8, 4) is 0 Å². The highest BCUT2D eigenvalue weighted by Crippen LogP contribution is 2.38. The molecular weight excluding hydrogens is 405 g/mol. The summed E-state index contributed by atoms with van der Waals surface area (Å²) in [6.45, 7) is 4.52. The zero-order chi connectivity index (χ0) is 22.2. The topological polar surface area (TPSA) is 58.4 Å². The Balaban J connectivity index is 1.36. The van der Waals surface area contributed by atoms with Crippen LogP contribution < -0.4 is 0 Å². The lowest BCUT2D eigenvalue weighted by Gasteiger charge is -2.32. The Morgan fingerprint density at radius 3 is 2.69 bits per heavy atom. The van der Waals surface area contributed by atoms with Crippen molar-refractivity contribution in [2.24, 2.45) is 0 Å². The standard InChI is InChI=1S/C26H26FN3O2/c1-17-26(22-14-20(27)7-9-24(22)30(17)16-25(31)32)19-10-12-29(13-11-19)15-21-8-6-18-4-2-3-5-23(18)28-21/h2-9,14,19H,10-13,15-16H2,1H3,(H,31,32). The number of carbonyl (C=O) groups is 1. The van der Waals surface area contributed by atoms with Gasteiger partial charge in [-0.2, -0.15) is 0 Å². The van der Waals surface area contributed by atoms with Gasteiger partial charge in [-0.1, -0.05) is 24.3 Å². The lowest BCUT2D eigenvalue weighted by molar-refractivity contribution is -0.137. The van der Waals surface area contributed by atoms with E-state index in [0.29, 0.717) is 0 Å². The number of hydrogen-bond donors (Lipinski definition) is 1. The van der Waals surface area contributed by atoms with Gasteiger partial charge >= 0.3 is 5.97 Å². The van der Waals surface area contributed by atoms with Gasteiger partial charge in [-0.05, 0) is 74.7 Å². The van der Waals surface area contributed by atoms with E-state index in [2.05, 4.69) is 23.1 Å². The first kappa shape index (κ1) is 20.6. The fourth-order valence-corrected chi connectivity index (χ4v) is 5.14. The molecule has 1 aliphatic heterocycles. The molecule has 2 aromatic carbocycles. The fraction of sp³-hybridized carbons (Fsp3) is 0.308. The molecule has 1 saturated heterocycles. The van der Waals surface area contributed by atoms with E-state index in [0.717, 1.165) is 71.2 Å². The molecule has 0 spiro atoms. The molecule has 0 saturated carbocycles. The molecule has 1 aliphatic rings. The summed E-state index contributed by atoms with van der Waals surface area (Å²) in [4.78, 5) is 18.6. The molecule has 0 bridgehead atoms. The van der Waals surface area contributed by atoms with Crippen LogP contribution >= 0.6 is 0 Å². The zero-order valence-corrected chi connectivity index (χ0v) is 18.1. The van der Waals surface area contributed by atoms with Crippen molar-refractivity contribution in [1.82, 2.24) is 14.5 Å². The number of fused-ring (bicyclic) bond motifs is 2. The van der Waals surface area contributed by atoms with Crippen molar-refractivity contribution in [1.29, 1.82) is 0 Å². The Morgan fingerprint density at radius 1 is 1.12 bits per heavy atom. The van der Waals surface area contributed by atoms with Crippen LogP contribution in [0.5, 0.6) is 0 Å². The van der Waals surface area contributed by atoms with Crippen LogP contribution in [0.1, 0.15) is 35.7 Å². The van der Waals surface area contributed by atoms with E-state index in [1.807, 2.05) is 25.1 Å². The normalized spacial score (nSPS) is 15.6. The van der Waals surface area contributed by atoms with Crippen LogP contribution in [0.3, 0.4) is 0 Å². The zero-order valence-electron chi connectivity index (χ0n) is 18.1. The highest BCUT2D eigenvalue weighted by Gasteiger charge is 2.27. The second kappa shape index (κ2) is 8.36. The van der Waals surface area contributed by atoms with Crippen LogP contribution in [-0.4, -0.2) is 38.6 Å². The Bertz CT molecular complexity index is 1310. The highest BCUT2D eigenvalue weighted by molar-refractivity contribution is 5.87. The first-order valence-corrected chi connectivity index (χ1v) is 11.1. The van der Waals surface area contributed by atoms with Crippen LogP contribution in [0.25, 0.3) is 21.8 Å². The van der Waals surface area contributed by atoms with Gasteiger partial charge in [0.2, 0.25) is 0 Å². The molecule has 6 heteroatoms. The lowest BCUT2D eigenvalue weighted by atomic mass is 9.87. The van der Waals surface area contributed by atoms with Crippen molar-refractivity contribution < 1.29 is 14.3 Å². The number of nitrogens with zero attached hydrogens (tertiary/aromatic N) is 3. The number of likely N-dealkylation sites (tertiary alicyclic amines) is 1. The molecule has 2 aromatic heterocycles. The molecule has 3 heterocycles. The molecule has 0 radical (unpaired) electrons. The molecule has 5 nitrogen and oxygen atoms in total. The van der Waals surface area contributed by atoms with Gasteiger partial charge in [0.25, 0.3) is 0 Å². The van der Waals surface area contributed by atoms with Gasteiger partial charge in [0.05, 0.1) is 11.2 Å². The number of carboxylic acids is 1. The maximum absolute atomic E-state index is 14.1. The SMILES string of the molecule is Cc1c(C2CCN(Cc3ccc4ccccc4n3)CC2)c2cc(F)ccc2n1CC(=O)O. The molecule has 5 rings (SSSR count). The second-order valence-corrected chi connectivity index (χ2v) is 8.69. The summed E-state index contributed by atoms with van der Waals surface area (Å²) < 4.78 is 15.9. The number of pyridine rings is 1. The van der Waals surface area contributed by atoms with Crippen molar-refractivity contribution in [3.05, 3.63) is 77.4 Å². The van der Waals surface area contributed by atoms with Crippen molar-refractivity contribution in [3.63, 3.8) is 0 Å². The van der Waals surface area contributed by atoms with Crippen LogP contribution in [0, 0.1) is 12.7 Å². The monoisotopic (exact) mass is 431 g/mol. The highest BCUT2D eigenvalue weighted by atomic mass is 19.1. The number of piperidine rings is 1. The maximum atomic E-state index is 14.1. The summed E-state index contributed by atoms with van der Waals surface area (Å²) in [7, 11) is 0. The number of aromatic nitrogens is 2. The van der Waals surface area contributed by atoms with Gasteiger partial charge in [-0.15, -0.1) is 0 Å². The lowest BCUT2D eigenvalue weighted by Crippen LogP contribution is -2.32. The van der Waals surface area contributed by atoms with Crippen LogP contribution in [0.15, 0.2) is 54.6 Å². The van der Waals surface area contributed by atoms with Crippen molar-refractivity contribution in [2.45, 2.75) is 38.8 Å². The van der Waals surface area contributed by atoms with E-state index in [1.54, 1.807) is 16.7 Å². The Kier molecular flexibility index (Phi) is 5.39. The van der Waals surface area contributed by atoms with E-state index < -0.39 is 5.97 Å². The van der Waals surface area contributed by atoms with Crippen molar-refractivity contribution >= 4 is 27.8 Å². The summed E-state index contributed by atoms with van der Waals surface area (Å²) in [5.41, 5.74) is 4.92. The number of aliphatic carboxylic acids is 1. The summed E-state index contributed by atoms with van der Waals surface area (Å²) in [5, 5.41) is 11.4. The third kappa shape index (κ3) is 3.86. The van der Waals surface area contributed by atoms with E-state index in [9.17, 15) is 14.3 Å². The molecule has 0 atom stereocenters. The number of rotatable bonds is 5. The second-order valence-electron chi connectivity index (χ2n) is 8.69. The van der Waals surface area contributed by atoms with Crippen LogP contribution in [0.2, 0.25) is 0 Å². The van der Waals surface area contributed by atoms with Gasteiger partial charge in [0.1, 0.15) is 12.4 Å². The maximum Gasteiger partial charge on any atom is 0.323 e. The number of para-hydroxylation sites is 1. The summed E-state index contributed by atoms with van der Waals surface area (Å²) in [5.74, 6) is -0.889. The fourth-order valence-electron chi connectivity index (χ4n) is 5.14. The summed E-state index contributed by atoms with van der Waals surface area (Å²) >= 11 is 0. The number of carboxylic acid groups (broad SMARTS) is 1. The van der Waals surface area contributed by atoms with Crippen LogP contribution in [0.4, 0.5) is 4.39 Å². The molecular formula is C26H26FN3O2. The van der Waals surface area contributed by atoms with E-state index in [4.69, 9.17) is 4.98 Å². The average molecular weight is 432 g/mol. The van der Waals surface area contributed by atoms with E-state index >= 15 is 0 Å².